The lowest BCUT2D eigenvalue weighted by Gasteiger charge is -2.35. The summed E-state index contributed by atoms with van der Waals surface area (Å²) in [5, 5.41) is 9.78. The Balaban J connectivity index is 2.13. The van der Waals surface area contributed by atoms with Crippen molar-refractivity contribution in [2.75, 3.05) is 13.1 Å². The number of hydrogen-bond acceptors (Lipinski definition) is 2. The topological polar surface area (TPSA) is 27.0 Å². The van der Waals surface area contributed by atoms with Crippen molar-refractivity contribution in [1.29, 1.82) is 5.26 Å². The molecule has 1 atom stereocenters. The van der Waals surface area contributed by atoms with Crippen LogP contribution in [0, 0.1) is 11.3 Å². The normalized spacial score (nSPS) is 20.0. The van der Waals surface area contributed by atoms with Crippen LogP contribution in [0.3, 0.4) is 0 Å². The lowest BCUT2D eigenvalue weighted by molar-refractivity contribution is 0.157. The summed E-state index contributed by atoms with van der Waals surface area (Å²) in [4.78, 5) is 2.40. The molecule has 1 heterocycles. The fourth-order valence-electron chi connectivity index (χ4n) is 3.31. The van der Waals surface area contributed by atoms with E-state index in [4.69, 9.17) is 0 Å². The summed E-state index contributed by atoms with van der Waals surface area (Å²) in [7, 11) is 0. The zero-order chi connectivity index (χ0) is 16.2. The maximum atomic E-state index is 9.78. The van der Waals surface area contributed by atoms with E-state index in [1.54, 1.807) is 0 Å². The number of hydrogen-bond donors (Lipinski definition) is 0. The average Bonchev–Trinajstić information content (AvgIpc) is 2.76. The van der Waals surface area contributed by atoms with Crippen molar-refractivity contribution >= 4 is 0 Å². The standard InChI is InChI=1S/C20H30N2/c1-19(2,3)18-11-9-17(10-12-18)15-20(4,16-21)22-13-7-5-6-8-14-22/h9-12H,5-8,13-15H2,1-4H3. The molecular formula is C20H30N2. The van der Waals surface area contributed by atoms with Crippen LogP contribution in [0.4, 0.5) is 0 Å². The monoisotopic (exact) mass is 298 g/mol. The predicted octanol–water partition coefficient (Wildman–Crippen LogP) is 4.68. The Hall–Kier alpha value is -1.33. The number of likely N-dealkylation sites (tertiary alicyclic amines) is 1. The smallest absolute Gasteiger partial charge is 0.110 e. The molecule has 0 saturated carbocycles. The van der Waals surface area contributed by atoms with Crippen molar-refractivity contribution in [3.05, 3.63) is 35.4 Å². The second-order valence-corrected chi connectivity index (χ2v) is 7.91. The average molecular weight is 298 g/mol. The van der Waals surface area contributed by atoms with E-state index in [1.165, 1.54) is 36.8 Å². The number of rotatable bonds is 3. The van der Waals surface area contributed by atoms with Crippen LogP contribution in [0.25, 0.3) is 0 Å². The number of nitrogens with zero attached hydrogens (tertiary/aromatic N) is 2. The van der Waals surface area contributed by atoms with Crippen molar-refractivity contribution in [2.24, 2.45) is 0 Å². The SMILES string of the molecule is CC(C)(C)c1ccc(CC(C)(C#N)N2CCCCCC2)cc1. The van der Waals surface area contributed by atoms with Crippen LogP contribution in [-0.2, 0) is 11.8 Å². The van der Waals surface area contributed by atoms with Gasteiger partial charge < -0.3 is 0 Å². The van der Waals surface area contributed by atoms with Gasteiger partial charge in [-0.1, -0.05) is 57.9 Å². The van der Waals surface area contributed by atoms with E-state index in [0.717, 1.165) is 19.5 Å². The molecule has 2 nitrogen and oxygen atoms in total. The van der Waals surface area contributed by atoms with Crippen LogP contribution in [0.2, 0.25) is 0 Å². The van der Waals surface area contributed by atoms with Crippen LogP contribution < -0.4 is 0 Å². The molecule has 0 spiro atoms. The molecule has 0 radical (unpaired) electrons. The third-order valence-electron chi connectivity index (χ3n) is 4.91. The molecule has 2 rings (SSSR count). The predicted molar refractivity (Wildman–Crippen MR) is 92.9 cm³/mol. The minimum absolute atomic E-state index is 0.182. The van der Waals surface area contributed by atoms with Crippen molar-refractivity contribution in [2.45, 2.75) is 70.8 Å². The molecule has 0 bridgehead atoms. The summed E-state index contributed by atoms with van der Waals surface area (Å²) < 4.78 is 0. The summed E-state index contributed by atoms with van der Waals surface area (Å²) in [6.45, 7) is 10.9. The van der Waals surface area contributed by atoms with Gasteiger partial charge in [0.05, 0.1) is 6.07 Å². The summed E-state index contributed by atoms with van der Waals surface area (Å²) in [6, 6.07) is 11.4. The molecule has 1 unspecified atom stereocenters. The molecule has 120 valence electrons. The Morgan fingerprint density at radius 2 is 1.50 bits per heavy atom. The molecular weight excluding hydrogens is 268 g/mol. The van der Waals surface area contributed by atoms with Gasteiger partial charge in [-0.2, -0.15) is 5.26 Å². The molecule has 1 aliphatic heterocycles. The molecule has 1 aromatic carbocycles. The number of nitriles is 1. The summed E-state index contributed by atoms with van der Waals surface area (Å²) >= 11 is 0. The van der Waals surface area contributed by atoms with Crippen molar-refractivity contribution in [1.82, 2.24) is 4.90 Å². The lowest BCUT2D eigenvalue weighted by Crippen LogP contribution is -2.47. The Labute approximate surface area is 136 Å². The second-order valence-electron chi connectivity index (χ2n) is 7.91. The van der Waals surface area contributed by atoms with Crippen LogP contribution in [0.15, 0.2) is 24.3 Å². The fourth-order valence-corrected chi connectivity index (χ4v) is 3.31. The van der Waals surface area contributed by atoms with Gasteiger partial charge >= 0.3 is 0 Å². The van der Waals surface area contributed by atoms with Crippen molar-refractivity contribution < 1.29 is 0 Å². The van der Waals surface area contributed by atoms with E-state index in [1.807, 2.05) is 0 Å². The van der Waals surface area contributed by atoms with Gasteiger partial charge in [-0.05, 0) is 49.4 Å². The third-order valence-corrected chi connectivity index (χ3v) is 4.91. The molecule has 0 aromatic heterocycles. The van der Waals surface area contributed by atoms with Crippen LogP contribution in [0.1, 0.15) is 64.5 Å². The van der Waals surface area contributed by atoms with Gasteiger partial charge in [-0.15, -0.1) is 0 Å². The van der Waals surface area contributed by atoms with Gasteiger partial charge in [0.2, 0.25) is 0 Å². The molecule has 1 aromatic rings. The Kier molecular flexibility index (Phi) is 5.29. The first-order chi connectivity index (χ1) is 10.3. The Bertz CT molecular complexity index is 510. The first kappa shape index (κ1) is 17.0. The summed E-state index contributed by atoms with van der Waals surface area (Å²) in [6.07, 6.45) is 5.87. The van der Waals surface area contributed by atoms with Crippen LogP contribution >= 0.6 is 0 Å². The highest BCUT2D eigenvalue weighted by atomic mass is 15.2. The number of benzene rings is 1. The maximum Gasteiger partial charge on any atom is 0.110 e. The first-order valence-electron chi connectivity index (χ1n) is 8.61. The van der Waals surface area contributed by atoms with Gasteiger partial charge in [-0.25, -0.2) is 0 Å². The van der Waals surface area contributed by atoms with Gasteiger partial charge in [0.25, 0.3) is 0 Å². The zero-order valence-electron chi connectivity index (χ0n) is 14.7. The molecule has 2 heteroatoms. The third kappa shape index (κ3) is 4.11. The van der Waals surface area contributed by atoms with Gasteiger partial charge in [-0.3, -0.25) is 4.90 Å². The highest BCUT2D eigenvalue weighted by Crippen LogP contribution is 2.26. The van der Waals surface area contributed by atoms with Gasteiger partial charge in [0.1, 0.15) is 5.54 Å². The minimum Gasteiger partial charge on any atom is -0.285 e. The lowest BCUT2D eigenvalue weighted by atomic mass is 9.85. The molecule has 1 aliphatic rings. The van der Waals surface area contributed by atoms with E-state index in [0.29, 0.717) is 0 Å². The molecule has 0 N–H and O–H groups in total. The fraction of sp³-hybridized carbons (Fsp3) is 0.650. The molecule has 0 aliphatic carbocycles. The largest absolute Gasteiger partial charge is 0.285 e. The van der Waals surface area contributed by atoms with Gasteiger partial charge in [0.15, 0.2) is 0 Å². The highest BCUT2D eigenvalue weighted by molar-refractivity contribution is 5.29. The Morgan fingerprint density at radius 3 is 1.95 bits per heavy atom. The van der Waals surface area contributed by atoms with Crippen molar-refractivity contribution in [3.63, 3.8) is 0 Å². The van der Waals surface area contributed by atoms with Crippen molar-refractivity contribution in [3.8, 4) is 6.07 Å². The highest BCUT2D eigenvalue weighted by Gasteiger charge is 2.32. The van der Waals surface area contributed by atoms with Gasteiger partial charge in [0, 0.05) is 6.42 Å². The molecule has 0 amide bonds. The van der Waals surface area contributed by atoms with E-state index in [9.17, 15) is 5.26 Å². The molecule has 1 fully saturated rings. The van der Waals surface area contributed by atoms with E-state index in [-0.39, 0.29) is 11.0 Å². The van der Waals surface area contributed by atoms with E-state index < -0.39 is 0 Å². The van der Waals surface area contributed by atoms with E-state index >= 15 is 0 Å². The maximum absolute atomic E-state index is 9.78. The molecule has 22 heavy (non-hydrogen) atoms. The summed E-state index contributed by atoms with van der Waals surface area (Å²) in [5.41, 5.74) is 2.42. The first-order valence-corrected chi connectivity index (χ1v) is 8.61. The van der Waals surface area contributed by atoms with Crippen LogP contribution in [0.5, 0.6) is 0 Å². The quantitative estimate of drug-likeness (QED) is 0.809. The van der Waals surface area contributed by atoms with E-state index in [2.05, 4.69) is 62.9 Å². The minimum atomic E-state index is -0.381. The summed E-state index contributed by atoms with van der Waals surface area (Å²) in [5.74, 6) is 0. The Morgan fingerprint density at radius 1 is 0.955 bits per heavy atom. The zero-order valence-corrected chi connectivity index (χ0v) is 14.7. The molecule has 1 saturated heterocycles. The second kappa shape index (κ2) is 6.84. The van der Waals surface area contributed by atoms with Crippen LogP contribution in [-0.4, -0.2) is 23.5 Å².